The lowest BCUT2D eigenvalue weighted by Crippen LogP contribution is -2.29. The molecular formula is C8H5F3NO3S-. The molecule has 16 heavy (non-hydrogen) atoms. The van der Waals surface area contributed by atoms with Gasteiger partial charge in [-0.3, -0.25) is 9.00 Å². The van der Waals surface area contributed by atoms with Crippen LogP contribution in [0.1, 0.15) is 0 Å². The zero-order valence-corrected chi connectivity index (χ0v) is 8.39. The second-order valence-corrected chi connectivity index (χ2v) is 3.65. The molecule has 8 heteroatoms. The highest BCUT2D eigenvalue weighted by molar-refractivity contribution is 7.79. The van der Waals surface area contributed by atoms with E-state index in [0.29, 0.717) is 0 Å². The third kappa shape index (κ3) is 3.31. The second kappa shape index (κ2) is 4.62. The van der Waals surface area contributed by atoms with Crippen molar-refractivity contribution in [3.05, 3.63) is 24.3 Å². The van der Waals surface area contributed by atoms with E-state index in [-0.39, 0.29) is 10.6 Å². The van der Waals surface area contributed by atoms with Crippen LogP contribution in [-0.2, 0) is 15.9 Å². The summed E-state index contributed by atoms with van der Waals surface area (Å²) in [6, 6.07) is 4.29. The molecule has 0 saturated heterocycles. The number of rotatable bonds is 2. The van der Waals surface area contributed by atoms with Gasteiger partial charge in [0, 0.05) is 10.6 Å². The summed E-state index contributed by atoms with van der Waals surface area (Å²) in [6.45, 7) is 0. The summed E-state index contributed by atoms with van der Waals surface area (Å²) in [6.07, 6.45) is -4.97. The quantitative estimate of drug-likeness (QED) is 0.809. The highest BCUT2D eigenvalue weighted by atomic mass is 32.2. The van der Waals surface area contributed by atoms with Crippen LogP contribution in [-0.4, -0.2) is 20.8 Å². The summed E-state index contributed by atoms with van der Waals surface area (Å²) >= 11 is -2.45. The Bertz CT molecular complexity index is 416. The van der Waals surface area contributed by atoms with Crippen molar-refractivity contribution in [2.75, 3.05) is 5.32 Å². The summed E-state index contributed by atoms with van der Waals surface area (Å²) in [5.41, 5.74) is -0.128. The molecule has 0 fully saturated rings. The lowest BCUT2D eigenvalue weighted by molar-refractivity contribution is -0.167. The number of nitrogens with one attached hydrogen (secondary N) is 1. The molecule has 0 spiro atoms. The fourth-order valence-corrected chi connectivity index (χ4v) is 1.21. The van der Waals surface area contributed by atoms with Gasteiger partial charge in [-0.25, -0.2) is 0 Å². The number of benzene rings is 1. The number of halogens is 3. The average Bonchev–Trinajstić information content (AvgIpc) is 2.17. The number of hydrogen-bond acceptors (Lipinski definition) is 3. The van der Waals surface area contributed by atoms with Crippen molar-refractivity contribution in [1.82, 2.24) is 0 Å². The molecule has 1 N–H and O–H groups in total. The molecule has 0 aliphatic rings. The van der Waals surface area contributed by atoms with Crippen LogP contribution in [0.5, 0.6) is 0 Å². The van der Waals surface area contributed by atoms with Crippen molar-refractivity contribution in [2.24, 2.45) is 0 Å². The highest BCUT2D eigenvalue weighted by Crippen LogP contribution is 2.18. The fraction of sp³-hybridized carbons (Fsp3) is 0.125. The Morgan fingerprint density at radius 1 is 1.25 bits per heavy atom. The largest absolute Gasteiger partial charge is 0.768 e. The van der Waals surface area contributed by atoms with Gasteiger partial charge in [-0.15, -0.1) is 0 Å². The number of anilines is 1. The molecule has 1 rings (SSSR count). The summed E-state index contributed by atoms with van der Waals surface area (Å²) in [5, 5.41) is 1.58. The van der Waals surface area contributed by atoms with Crippen molar-refractivity contribution >= 4 is 22.7 Å². The van der Waals surface area contributed by atoms with Crippen LogP contribution in [0.3, 0.4) is 0 Å². The molecule has 0 heterocycles. The Hall–Kier alpha value is -1.41. The Morgan fingerprint density at radius 3 is 2.12 bits per heavy atom. The van der Waals surface area contributed by atoms with Gasteiger partial charge in [-0.2, -0.15) is 13.2 Å². The minimum absolute atomic E-state index is 0.0787. The lowest BCUT2D eigenvalue weighted by atomic mass is 10.3. The van der Waals surface area contributed by atoms with Crippen molar-refractivity contribution in [3.8, 4) is 0 Å². The maximum atomic E-state index is 11.8. The third-order valence-electron chi connectivity index (χ3n) is 1.56. The van der Waals surface area contributed by atoms with Crippen molar-refractivity contribution in [1.29, 1.82) is 0 Å². The number of amides is 1. The molecule has 0 saturated carbocycles. The summed E-state index contributed by atoms with van der Waals surface area (Å²) in [7, 11) is 0. The maximum absolute atomic E-state index is 11.8. The predicted molar refractivity (Wildman–Crippen MR) is 48.3 cm³/mol. The van der Waals surface area contributed by atoms with Crippen molar-refractivity contribution in [3.63, 3.8) is 0 Å². The van der Waals surface area contributed by atoms with E-state index < -0.39 is 23.2 Å². The van der Waals surface area contributed by atoms with Gasteiger partial charge in [0.05, 0.1) is 0 Å². The third-order valence-corrected chi connectivity index (χ3v) is 2.22. The van der Waals surface area contributed by atoms with Crippen LogP contribution in [0.2, 0.25) is 0 Å². The topological polar surface area (TPSA) is 69.2 Å². The summed E-state index contributed by atoms with van der Waals surface area (Å²) in [5.74, 6) is -2.11. The minimum Gasteiger partial charge on any atom is -0.768 e. The van der Waals surface area contributed by atoms with Gasteiger partial charge in [0.1, 0.15) is 0 Å². The minimum atomic E-state index is -4.97. The molecule has 88 valence electrons. The van der Waals surface area contributed by atoms with E-state index in [1.165, 1.54) is 0 Å². The van der Waals surface area contributed by atoms with E-state index in [9.17, 15) is 26.7 Å². The maximum Gasteiger partial charge on any atom is 0.471 e. The SMILES string of the molecule is O=C(Nc1ccc(S(=O)[O-])cc1)C(F)(F)F. The van der Waals surface area contributed by atoms with E-state index in [1.807, 2.05) is 0 Å². The Balaban J connectivity index is 2.77. The molecule has 1 atom stereocenters. The number of hydrogen-bond donors (Lipinski definition) is 1. The zero-order chi connectivity index (χ0) is 12.3. The number of carbonyl (C=O) groups is 1. The number of carbonyl (C=O) groups excluding carboxylic acids is 1. The monoisotopic (exact) mass is 252 g/mol. The van der Waals surface area contributed by atoms with Crippen LogP contribution in [0.25, 0.3) is 0 Å². The normalized spacial score (nSPS) is 13.2. The fourth-order valence-electron chi connectivity index (χ4n) is 0.851. The average molecular weight is 252 g/mol. The predicted octanol–water partition coefficient (Wildman–Crippen LogP) is 1.43. The molecular weight excluding hydrogens is 247 g/mol. The van der Waals surface area contributed by atoms with Gasteiger partial charge < -0.3 is 9.87 Å². The molecule has 0 aromatic heterocycles. The van der Waals surface area contributed by atoms with Crippen LogP contribution >= 0.6 is 0 Å². The first-order valence-corrected chi connectivity index (χ1v) is 4.95. The lowest BCUT2D eigenvalue weighted by Gasteiger charge is -2.09. The molecule has 0 aliphatic heterocycles. The van der Waals surface area contributed by atoms with Crippen molar-refractivity contribution < 1.29 is 26.7 Å². The van der Waals surface area contributed by atoms with E-state index in [4.69, 9.17) is 0 Å². The van der Waals surface area contributed by atoms with Crippen molar-refractivity contribution in [2.45, 2.75) is 11.1 Å². The molecule has 0 bridgehead atoms. The standard InChI is InChI=1S/C8H6F3NO3S/c9-8(10,11)7(13)12-5-1-3-6(4-2-5)16(14)15/h1-4H,(H,12,13)(H,14,15)/p-1. The molecule has 1 aromatic rings. The first-order valence-electron chi connectivity index (χ1n) is 3.88. The van der Waals surface area contributed by atoms with Gasteiger partial charge in [0.2, 0.25) is 0 Å². The van der Waals surface area contributed by atoms with Gasteiger partial charge in [-0.05, 0) is 35.3 Å². The first kappa shape index (κ1) is 12.7. The number of alkyl halides is 3. The first-order chi connectivity index (χ1) is 7.30. The Morgan fingerprint density at radius 2 is 1.75 bits per heavy atom. The van der Waals surface area contributed by atoms with Crippen LogP contribution < -0.4 is 5.32 Å². The zero-order valence-electron chi connectivity index (χ0n) is 7.58. The van der Waals surface area contributed by atoms with Gasteiger partial charge in [0.25, 0.3) is 0 Å². The molecule has 4 nitrogen and oxygen atoms in total. The van der Waals surface area contributed by atoms with E-state index in [2.05, 4.69) is 0 Å². The van der Waals surface area contributed by atoms with E-state index in [1.54, 1.807) is 5.32 Å². The van der Waals surface area contributed by atoms with E-state index >= 15 is 0 Å². The van der Waals surface area contributed by atoms with Crippen LogP contribution in [0.15, 0.2) is 29.2 Å². The van der Waals surface area contributed by atoms with Crippen LogP contribution in [0.4, 0.5) is 18.9 Å². The molecule has 0 aliphatic carbocycles. The summed E-state index contributed by atoms with van der Waals surface area (Å²) in [4.78, 5) is 10.4. The second-order valence-electron chi connectivity index (χ2n) is 2.71. The van der Waals surface area contributed by atoms with Gasteiger partial charge in [-0.1, -0.05) is 0 Å². The Kier molecular flexibility index (Phi) is 3.66. The summed E-state index contributed by atoms with van der Waals surface area (Å²) < 4.78 is 56.3. The smallest absolute Gasteiger partial charge is 0.471 e. The molecule has 0 radical (unpaired) electrons. The molecule has 1 aromatic carbocycles. The highest BCUT2D eigenvalue weighted by Gasteiger charge is 2.38. The molecule has 1 amide bonds. The Labute approximate surface area is 90.7 Å². The van der Waals surface area contributed by atoms with Gasteiger partial charge in [0.15, 0.2) is 0 Å². The van der Waals surface area contributed by atoms with Crippen LogP contribution in [0, 0.1) is 0 Å². The van der Waals surface area contributed by atoms with E-state index in [0.717, 1.165) is 24.3 Å². The van der Waals surface area contributed by atoms with Gasteiger partial charge >= 0.3 is 12.1 Å². The molecule has 1 unspecified atom stereocenters.